The third-order valence-corrected chi connectivity index (χ3v) is 5.17. The molecule has 0 spiro atoms. The van der Waals surface area contributed by atoms with Crippen LogP contribution in [0.1, 0.15) is 30.1 Å². The molecule has 0 aliphatic carbocycles. The summed E-state index contributed by atoms with van der Waals surface area (Å²) in [6, 6.07) is 8.13. The summed E-state index contributed by atoms with van der Waals surface area (Å²) in [5, 5.41) is 0. The van der Waals surface area contributed by atoms with Crippen LogP contribution < -0.4 is 4.74 Å². The summed E-state index contributed by atoms with van der Waals surface area (Å²) in [7, 11) is 0. The minimum Gasteiger partial charge on any atom is -0.472 e. The third-order valence-electron chi connectivity index (χ3n) is 5.17. The van der Waals surface area contributed by atoms with Gasteiger partial charge in [-0.3, -0.25) is 4.79 Å². The highest BCUT2D eigenvalue weighted by atomic mass is 19.1. The highest BCUT2D eigenvalue weighted by Crippen LogP contribution is 2.28. The van der Waals surface area contributed by atoms with Gasteiger partial charge in [0.15, 0.2) is 5.82 Å². The van der Waals surface area contributed by atoms with Crippen LogP contribution >= 0.6 is 0 Å². The Bertz CT molecular complexity index is 1030. The minimum atomic E-state index is -0.468. The number of amides is 1. The number of halogens is 2. The van der Waals surface area contributed by atoms with Gasteiger partial charge in [-0.25, -0.2) is 23.7 Å². The van der Waals surface area contributed by atoms with E-state index in [2.05, 4.69) is 15.0 Å². The molecular weight excluding hydrogens is 390 g/mol. The number of benzene rings is 1. The zero-order valence-electron chi connectivity index (χ0n) is 16.3. The summed E-state index contributed by atoms with van der Waals surface area (Å²) in [5.41, 5.74) is 0.672. The second-order valence-corrected chi connectivity index (χ2v) is 7.11. The molecule has 4 rings (SSSR count). The molecule has 0 saturated carbocycles. The number of pyridine rings is 1. The molecule has 6 nitrogen and oxygen atoms in total. The van der Waals surface area contributed by atoms with Crippen molar-refractivity contribution >= 4 is 5.91 Å². The lowest BCUT2D eigenvalue weighted by atomic mass is 9.97. The maximum Gasteiger partial charge on any atom is 0.254 e. The number of piperidine rings is 1. The van der Waals surface area contributed by atoms with E-state index < -0.39 is 11.6 Å². The summed E-state index contributed by atoms with van der Waals surface area (Å²) in [6.45, 7) is 2.44. The highest BCUT2D eigenvalue weighted by molar-refractivity contribution is 6.00. The predicted octanol–water partition coefficient (Wildman–Crippen LogP) is 3.89. The van der Waals surface area contributed by atoms with Crippen LogP contribution in [0.15, 0.2) is 55.0 Å². The molecule has 0 N–H and O–H groups in total. The zero-order valence-corrected chi connectivity index (χ0v) is 16.3. The molecule has 2 atom stereocenters. The Kier molecular flexibility index (Phi) is 5.65. The molecule has 0 bridgehead atoms. The molecule has 1 amide bonds. The van der Waals surface area contributed by atoms with Crippen molar-refractivity contribution in [2.75, 3.05) is 6.54 Å². The van der Waals surface area contributed by atoms with Crippen molar-refractivity contribution in [3.05, 3.63) is 72.2 Å². The molecule has 2 aromatic heterocycles. The Labute approximate surface area is 172 Å². The van der Waals surface area contributed by atoms with Gasteiger partial charge in [-0.05, 0) is 50.1 Å². The molecule has 1 saturated heterocycles. The lowest BCUT2D eigenvalue weighted by Crippen LogP contribution is -2.51. The number of likely N-dealkylation sites (tertiary alicyclic amines) is 1. The first-order valence-electron chi connectivity index (χ1n) is 9.69. The molecule has 3 aromatic rings. The van der Waals surface area contributed by atoms with E-state index in [1.165, 1.54) is 30.3 Å². The predicted molar refractivity (Wildman–Crippen MR) is 106 cm³/mol. The Morgan fingerprint density at radius 1 is 1.10 bits per heavy atom. The van der Waals surface area contributed by atoms with Crippen LogP contribution in [0.2, 0.25) is 0 Å². The van der Waals surface area contributed by atoms with Gasteiger partial charge in [-0.15, -0.1) is 0 Å². The van der Waals surface area contributed by atoms with Gasteiger partial charge in [0, 0.05) is 30.6 Å². The van der Waals surface area contributed by atoms with Gasteiger partial charge in [-0.2, -0.15) is 0 Å². The monoisotopic (exact) mass is 410 g/mol. The Morgan fingerprint density at radius 2 is 1.87 bits per heavy atom. The molecule has 8 heteroatoms. The molecule has 2 unspecified atom stereocenters. The Hall–Kier alpha value is -3.42. The van der Waals surface area contributed by atoms with Crippen molar-refractivity contribution < 1.29 is 18.3 Å². The number of carbonyl (C=O) groups excluding carboxylic acids is 1. The number of hydrogen-bond donors (Lipinski definition) is 0. The van der Waals surface area contributed by atoms with Crippen LogP contribution in [-0.4, -0.2) is 44.4 Å². The van der Waals surface area contributed by atoms with E-state index in [4.69, 9.17) is 4.74 Å². The van der Waals surface area contributed by atoms with E-state index in [-0.39, 0.29) is 23.9 Å². The quantitative estimate of drug-likeness (QED) is 0.653. The molecule has 1 aliphatic heterocycles. The van der Waals surface area contributed by atoms with Gasteiger partial charge in [0.25, 0.3) is 5.91 Å². The van der Waals surface area contributed by atoms with E-state index in [0.29, 0.717) is 23.6 Å². The van der Waals surface area contributed by atoms with Crippen LogP contribution in [0.25, 0.3) is 11.4 Å². The summed E-state index contributed by atoms with van der Waals surface area (Å²) >= 11 is 0. The summed E-state index contributed by atoms with van der Waals surface area (Å²) in [5.74, 6) is -0.562. The van der Waals surface area contributed by atoms with E-state index in [9.17, 15) is 13.6 Å². The minimum absolute atomic E-state index is 0.245. The van der Waals surface area contributed by atoms with Crippen molar-refractivity contribution in [3.8, 4) is 17.3 Å². The summed E-state index contributed by atoms with van der Waals surface area (Å²) in [6.07, 6.45) is 5.37. The average Bonchev–Trinajstić information content (AvgIpc) is 2.77. The fourth-order valence-corrected chi connectivity index (χ4v) is 3.62. The molecule has 30 heavy (non-hydrogen) atoms. The maximum atomic E-state index is 13.9. The zero-order chi connectivity index (χ0) is 21.1. The van der Waals surface area contributed by atoms with Gasteiger partial charge in [-0.1, -0.05) is 0 Å². The van der Waals surface area contributed by atoms with Crippen molar-refractivity contribution in [2.45, 2.75) is 31.9 Å². The first-order valence-corrected chi connectivity index (χ1v) is 9.69. The van der Waals surface area contributed by atoms with Gasteiger partial charge in [0.2, 0.25) is 5.88 Å². The molecule has 154 valence electrons. The fourth-order valence-electron chi connectivity index (χ4n) is 3.62. The maximum absolute atomic E-state index is 13.9. The van der Waals surface area contributed by atoms with Crippen molar-refractivity contribution in [1.82, 2.24) is 19.9 Å². The Morgan fingerprint density at radius 3 is 2.60 bits per heavy atom. The Balaban J connectivity index is 1.59. The SMILES string of the molecule is CC1C(Oc2ccc(F)cn2)CCCN1C(=O)c1ccc(F)cc1-c1ncccn1. The molecule has 0 radical (unpaired) electrons. The molecular formula is C22H20F2N4O2. The van der Waals surface area contributed by atoms with Crippen LogP contribution in [-0.2, 0) is 0 Å². The first-order chi connectivity index (χ1) is 14.5. The van der Waals surface area contributed by atoms with Crippen molar-refractivity contribution in [2.24, 2.45) is 0 Å². The summed E-state index contributed by atoms with van der Waals surface area (Å²) in [4.78, 5) is 27.4. The number of carbonyl (C=O) groups is 1. The second kappa shape index (κ2) is 8.52. The largest absolute Gasteiger partial charge is 0.472 e. The standard InChI is InChI=1S/C22H20F2N4O2/c1-14-19(30-20-8-6-16(24)13-27-20)4-2-11-28(14)22(29)17-7-5-15(23)12-18(17)21-25-9-3-10-26-21/h3,5-10,12-14,19H,2,4,11H2,1H3. The molecule has 3 heterocycles. The lowest BCUT2D eigenvalue weighted by Gasteiger charge is -2.39. The molecule has 1 aliphatic rings. The third kappa shape index (κ3) is 4.12. The summed E-state index contributed by atoms with van der Waals surface area (Å²) < 4.78 is 32.9. The van der Waals surface area contributed by atoms with Crippen LogP contribution in [0, 0.1) is 11.6 Å². The van der Waals surface area contributed by atoms with Crippen molar-refractivity contribution in [1.29, 1.82) is 0 Å². The van der Waals surface area contributed by atoms with Crippen LogP contribution in [0.3, 0.4) is 0 Å². The van der Waals surface area contributed by atoms with Gasteiger partial charge in [0.1, 0.15) is 17.7 Å². The molecule has 1 aromatic carbocycles. The smallest absolute Gasteiger partial charge is 0.254 e. The first kappa shape index (κ1) is 19.9. The number of aromatic nitrogens is 3. The normalized spacial score (nSPS) is 18.8. The lowest BCUT2D eigenvalue weighted by molar-refractivity contribution is 0.0266. The van der Waals surface area contributed by atoms with E-state index >= 15 is 0 Å². The van der Waals surface area contributed by atoms with E-state index in [1.54, 1.807) is 23.4 Å². The topological polar surface area (TPSA) is 68.2 Å². The average molecular weight is 410 g/mol. The van der Waals surface area contributed by atoms with Crippen LogP contribution in [0.4, 0.5) is 8.78 Å². The highest BCUT2D eigenvalue weighted by Gasteiger charge is 2.34. The van der Waals surface area contributed by atoms with Crippen molar-refractivity contribution in [3.63, 3.8) is 0 Å². The number of rotatable bonds is 4. The molecule has 1 fully saturated rings. The van der Waals surface area contributed by atoms with E-state index in [1.807, 2.05) is 6.92 Å². The van der Waals surface area contributed by atoms with Crippen LogP contribution in [0.5, 0.6) is 5.88 Å². The van der Waals surface area contributed by atoms with Gasteiger partial charge >= 0.3 is 0 Å². The number of hydrogen-bond acceptors (Lipinski definition) is 5. The van der Waals surface area contributed by atoms with Gasteiger partial charge in [0.05, 0.1) is 17.8 Å². The number of nitrogens with zero attached hydrogens (tertiary/aromatic N) is 4. The second-order valence-electron chi connectivity index (χ2n) is 7.11. The number of ether oxygens (including phenoxy) is 1. The van der Waals surface area contributed by atoms with E-state index in [0.717, 1.165) is 19.0 Å². The van der Waals surface area contributed by atoms with Gasteiger partial charge < -0.3 is 9.64 Å². The fraction of sp³-hybridized carbons (Fsp3) is 0.273.